The third-order valence-electron chi connectivity index (χ3n) is 6.26. The summed E-state index contributed by atoms with van der Waals surface area (Å²) in [6.07, 6.45) is -2.09. The molecule has 0 unspecified atom stereocenters. The summed E-state index contributed by atoms with van der Waals surface area (Å²) in [5.41, 5.74) is 1.08. The number of sulfonamides is 1. The number of aryl methyl sites for hydroxylation is 1. The highest BCUT2D eigenvalue weighted by Crippen LogP contribution is 2.19. The fourth-order valence-electron chi connectivity index (χ4n) is 4.07. The highest BCUT2D eigenvalue weighted by Gasteiger charge is 2.38. The van der Waals surface area contributed by atoms with Crippen molar-refractivity contribution in [2.24, 2.45) is 0 Å². The topological polar surface area (TPSA) is 127 Å². The molecule has 0 radical (unpaired) electrons. The molecule has 0 aromatic heterocycles. The predicted octanol–water partition coefficient (Wildman–Crippen LogP) is 1.71. The summed E-state index contributed by atoms with van der Waals surface area (Å²) >= 11 is 0. The minimum atomic E-state index is -5.08. The quantitative estimate of drug-likeness (QED) is 0.443. The molecule has 2 saturated heterocycles. The molecule has 0 atom stereocenters. The molecule has 38 heavy (non-hydrogen) atoms. The molecule has 14 heteroatoms. The normalized spacial score (nSPS) is 16.4. The first-order chi connectivity index (χ1) is 17.9. The molecule has 0 bridgehead atoms. The van der Waals surface area contributed by atoms with Gasteiger partial charge in [-0.1, -0.05) is 19.1 Å². The van der Waals surface area contributed by atoms with Crippen LogP contribution in [0.25, 0.3) is 0 Å². The zero-order valence-corrected chi connectivity index (χ0v) is 22.2. The number of amides is 2. The number of hydrogen-bond acceptors (Lipinski definition) is 6. The zero-order chi connectivity index (χ0) is 28.3. The summed E-state index contributed by atoms with van der Waals surface area (Å²) in [6, 6.07) is 6.95. The van der Waals surface area contributed by atoms with Crippen molar-refractivity contribution in [1.82, 2.24) is 19.4 Å². The van der Waals surface area contributed by atoms with Crippen molar-refractivity contribution in [2.75, 3.05) is 52.4 Å². The Labute approximate surface area is 220 Å². The van der Waals surface area contributed by atoms with E-state index in [0.717, 1.165) is 38.0 Å². The van der Waals surface area contributed by atoms with Gasteiger partial charge in [0.25, 0.3) is 0 Å². The van der Waals surface area contributed by atoms with Crippen molar-refractivity contribution in [3.05, 3.63) is 29.8 Å². The van der Waals surface area contributed by atoms with E-state index in [-0.39, 0.29) is 36.2 Å². The molecule has 1 aromatic rings. The molecule has 10 nitrogen and oxygen atoms in total. The number of alkyl halides is 3. The van der Waals surface area contributed by atoms with Gasteiger partial charge in [-0.25, -0.2) is 13.2 Å². The van der Waals surface area contributed by atoms with Crippen LogP contribution < -0.4 is 5.32 Å². The fourth-order valence-corrected chi connectivity index (χ4v) is 5.55. The number of benzene rings is 1. The Hall–Kier alpha value is -2.71. The molecule has 2 amide bonds. The third kappa shape index (κ3) is 9.55. The molecule has 2 aliphatic rings. The number of nitrogens with one attached hydrogen (secondary N) is 1. The van der Waals surface area contributed by atoms with Gasteiger partial charge in [-0.2, -0.15) is 17.5 Å². The number of carboxylic acids is 1. The van der Waals surface area contributed by atoms with Crippen molar-refractivity contribution < 1.29 is 41.1 Å². The van der Waals surface area contributed by atoms with Crippen molar-refractivity contribution >= 4 is 27.8 Å². The Balaban J connectivity index is 0.000000638. The maximum atomic E-state index is 13.3. The summed E-state index contributed by atoms with van der Waals surface area (Å²) in [7, 11) is -3.71. The first-order valence-electron chi connectivity index (χ1n) is 12.5. The third-order valence-corrected chi connectivity index (χ3v) is 8.18. The van der Waals surface area contributed by atoms with Crippen molar-refractivity contribution in [3.63, 3.8) is 0 Å². The van der Waals surface area contributed by atoms with Gasteiger partial charge in [0.15, 0.2) is 0 Å². The molecule has 2 aliphatic heterocycles. The van der Waals surface area contributed by atoms with E-state index in [2.05, 4.69) is 5.32 Å². The summed E-state index contributed by atoms with van der Waals surface area (Å²) < 4.78 is 59.8. The van der Waals surface area contributed by atoms with E-state index in [0.29, 0.717) is 32.5 Å². The van der Waals surface area contributed by atoms with E-state index in [9.17, 15) is 31.2 Å². The van der Waals surface area contributed by atoms with Crippen LogP contribution in [0.2, 0.25) is 0 Å². The molecule has 0 saturated carbocycles. The monoisotopic (exact) mass is 564 g/mol. The summed E-state index contributed by atoms with van der Waals surface area (Å²) in [4.78, 5) is 37.2. The highest BCUT2D eigenvalue weighted by atomic mass is 32.2. The Morgan fingerprint density at radius 1 is 1.08 bits per heavy atom. The van der Waals surface area contributed by atoms with Crippen molar-refractivity contribution in [2.45, 2.75) is 50.1 Å². The van der Waals surface area contributed by atoms with Gasteiger partial charge in [-0.3, -0.25) is 9.59 Å². The molecular weight excluding hydrogens is 529 g/mol. The number of halogens is 3. The Morgan fingerprint density at radius 2 is 1.68 bits per heavy atom. The van der Waals surface area contributed by atoms with Crippen LogP contribution in [0.4, 0.5) is 13.2 Å². The number of likely N-dealkylation sites (tertiary alicyclic amines) is 1. The number of carbonyl (C=O) groups is 3. The molecule has 2 heterocycles. The number of piperazine rings is 1. The molecular formula is C24H35F3N4O6S. The average molecular weight is 565 g/mol. The number of rotatable bonds is 10. The highest BCUT2D eigenvalue weighted by molar-refractivity contribution is 7.89. The van der Waals surface area contributed by atoms with Crippen LogP contribution in [0.3, 0.4) is 0 Å². The van der Waals surface area contributed by atoms with Gasteiger partial charge in [-0.15, -0.1) is 0 Å². The Bertz CT molecular complexity index is 1040. The number of nitrogens with zero attached hydrogens (tertiary/aromatic N) is 3. The lowest BCUT2D eigenvalue weighted by molar-refractivity contribution is -0.192. The number of hydrogen-bond donors (Lipinski definition) is 2. The maximum Gasteiger partial charge on any atom is 0.490 e. The maximum absolute atomic E-state index is 13.3. The van der Waals surface area contributed by atoms with Gasteiger partial charge in [0.05, 0.1) is 4.90 Å². The smallest absolute Gasteiger partial charge is 0.475 e. The Morgan fingerprint density at radius 3 is 2.18 bits per heavy atom. The van der Waals surface area contributed by atoms with Gasteiger partial charge in [0.2, 0.25) is 21.8 Å². The lowest BCUT2D eigenvalue weighted by Gasteiger charge is -2.29. The lowest BCUT2D eigenvalue weighted by atomic mass is 10.2. The zero-order valence-electron chi connectivity index (χ0n) is 21.4. The number of aliphatic carboxylic acids is 1. The molecule has 0 spiro atoms. The van der Waals surface area contributed by atoms with Crippen molar-refractivity contribution in [1.29, 1.82) is 0 Å². The summed E-state index contributed by atoms with van der Waals surface area (Å²) in [5, 5.41) is 10.3. The van der Waals surface area contributed by atoms with Gasteiger partial charge in [0.1, 0.15) is 0 Å². The van der Waals surface area contributed by atoms with E-state index in [1.807, 2.05) is 19.1 Å². The number of carboxylic acid groups (broad SMARTS) is 1. The lowest BCUT2D eigenvalue weighted by Crippen LogP contribution is -2.47. The molecule has 2 fully saturated rings. The molecule has 2 N–H and O–H groups in total. The van der Waals surface area contributed by atoms with E-state index < -0.39 is 22.2 Å². The van der Waals surface area contributed by atoms with Gasteiger partial charge in [0, 0.05) is 65.2 Å². The van der Waals surface area contributed by atoms with Crippen LogP contribution in [0.5, 0.6) is 0 Å². The van der Waals surface area contributed by atoms with E-state index in [4.69, 9.17) is 9.90 Å². The standard InChI is InChI=1S/C22H34N4O4S.C2HF3O2/c1-2-19-6-8-20(9-7-19)31(29,30)26(15-4-14-24-13-3-5-21(24)27)16-10-22(28)25-17-11-23-12-18-25;3-2(4,5)1(6)7/h6-9,23H,2-5,10-18H2,1H3;(H,6,7). The van der Waals surface area contributed by atoms with Crippen LogP contribution in [-0.2, 0) is 30.8 Å². The summed E-state index contributed by atoms with van der Waals surface area (Å²) in [5.74, 6) is -2.64. The summed E-state index contributed by atoms with van der Waals surface area (Å²) in [6.45, 7) is 6.59. The average Bonchev–Trinajstić information content (AvgIpc) is 3.30. The minimum Gasteiger partial charge on any atom is -0.475 e. The van der Waals surface area contributed by atoms with Crippen LogP contribution in [0.1, 0.15) is 38.2 Å². The van der Waals surface area contributed by atoms with Crippen LogP contribution in [-0.4, -0.2) is 104 Å². The van der Waals surface area contributed by atoms with Crippen molar-refractivity contribution in [3.8, 4) is 0 Å². The van der Waals surface area contributed by atoms with Crippen LogP contribution in [0, 0.1) is 0 Å². The van der Waals surface area contributed by atoms with E-state index in [1.54, 1.807) is 21.9 Å². The molecule has 0 aliphatic carbocycles. The van der Waals surface area contributed by atoms with Gasteiger partial charge < -0.3 is 20.2 Å². The van der Waals surface area contributed by atoms with Crippen LogP contribution in [0.15, 0.2) is 29.2 Å². The van der Waals surface area contributed by atoms with E-state index >= 15 is 0 Å². The number of carbonyl (C=O) groups excluding carboxylic acids is 2. The second kappa shape index (κ2) is 14.4. The minimum absolute atomic E-state index is 0.0160. The first-order valence-corrected chi connectivity index (χ1v) is 14.0. The second-order valence-corrected chi connectivity index (χ2v) is 10.9. The van der Waals surface area contributed by atoms with Gasteiger partial charge in [-0.05, 0) is 37.0 Å². The molecule has 214 valence electrons. The molecule has 1 aromatic carbocycles. The largest absolute Gasteiger partial charge is 0.490 e. The second-order valence-electron chi connectivity index (χ2n) is 8.92. The first kappa shape index (κ1) is 31.5. The van der Waals surface area contributed by atoms with E-state index in [1.165, 1.54) is 4.31 Å². The fraction of sp³-hybridized carbons (Fsp3) is 0.625. The van der Waals surface area contributed by atoms with Gasteiger partial charge >= 0.3 is 12.1 Å². The molecule has 3 rings (SSSR count). The SMILES string of the molecule is CCc1ccc(S(=O)(=O)N(CCCN2CCCC2=O)CCC(=O)N2CCNCC2)cc1.O=C(O)C(F)(F)F. The van der Waals surface area contributed by atoms with Crippen LogP contribution >= 0.6 is 0 Å². The predicted molar refractivity (Wildman–Crippen MR) is 133 cm³/mol. The Kier molecular flexibility index (Phi) is 12.0.